The number of unbranched alkanes of at least 4 members (excludes halogenated alkanes) is 1. The zero-order valence-electron chi connectivity index (χ0n) is 22.6. The summed E-state index contributed by atoms with van der Waals surface area (Å²) >= 11 is 0. The van der Waals surface area contributed by atoms with Crippen LogP contribution < -0.4 is 15.0 Å². The molecule has 1 atom stereocenters. The second-order valence-electron chi connectivity index (χ2n) is 9.68. The number of pyridine rings is 1. The number of para-hydroxylation sites is 1. The number of ether oxygens (including phenoxy) is 2. The topological polar surface area (TPSA) is 121 Å². The summed E-state index contributed by atoms with van der Waals surface area (Å²) in [7, 11) is -4.42. The van der Waals surface area contributed by atoms with Gasteiger partial charge in [0.05, 0.1) is 10.9 Å². The molecule has 208 valence electrons. The molecule has 1 aliphatic rings. The Balaban J connectivity index is 1.65. The van der Waals surface area contributed by atoms with Crippen LogP contribution in [0.15, 0.2) is 75.5 Å². The first-order valence-electron chi connectivity index (χ1n) is 13.3. The number of rotatable bonds is 9. The van der Waals surface area contributed by atoms with Gasteiger partial charge in [0.1, 0.15) is 5.82 Å². The number of fused-ring (bicyclic) bond motifs is 1. The van der Waals surface area contributed by atoms with Crippen molar-refractivity contribution in [1.82, 2.24) is 14.5 Å². The van der Waals surface area contributed by atoms with Gasteiger partial charge in [0, 0.05) is 24.4 Å². The van der Waals surface area contributed by atoms with Crippen molar-refractivity contribution in [3.8, 4) is 28.5 Å². The van der Waals surface area contributed by atoms with Crippen LogP contribution in [0, 0.1) is 6.92 Å². The molecule has 2 aromatic carbocycles. The number of hydrogen-bond acceptors (Lipinski definition) is 8. The molecule has 0 amide bonds. The number of aryl methyl sites for hydroxylation is 2. The van der Waals surface area contributed by atoms with Gasteiger partial charge in [0.2, 0.25) is 22.5 Å². The minimum Gasteiger partial charge on any atom is -0.492 e. The van der Waals surface area contributed by atoms with Crippen LogP contribution in [0.4, 0.5) is 0 Å². The van der Waals surface area contributed by atoms with Crippen LogP contribution in [0.5, 0.6) is 17.4 Å². The van der Waals surface area contributed by atoms with E-state index >= 15 is 0 Å². The van der Waals surface area contributed by atoms with E-state index in [0.717, 1.165) is 23.1 Å². The van der Waals surface area contributed by atoms with Gasteiger partial charge < -0.3 is 14.6 Å². The van der Waals surface area contributed by atoms with Gasteiger partial charge in [-0.2, -0.15) is 4.98 Å². The van der Waals surface area contributed by atoms with Crippen molar-refractivity contribution in [2.24, 2.45) is 0 Å². The highest BCUT2D eigenvalue weighted by atomic mass is 32.2. The zero-order valence-corrected chi connectivity index (χ0v) is 23.4. The summed E-state index contributed by atoms with van der Waals surface area (Å²) in [4.78, 5) is 21.6. The molecule has 2 aromatic heterocycles. The van der Waals surface area contributed by atoms with Crippen molar-refractivity contribution >= 4 is 9.84 Å². The standard InChI is InChI=1S/C30H31N3O6S/c1-4-6-10-26-32-29(34)28(30(35)33(26)24(5-2)23-8-7-9-25-27(23)39-18-38-25)40(36,37)21-13-11-20(12-14-21)22-15-16-31-17-19(22)3/h7-9,11-17,24,34H,4-6,10,18H2,1-3H3. The van der Waals surface area contributed by atoms with E-state index in [1.165, 1.54) is 16.7 Å². The molecule has 1 N–H and O–H groups in total. The molecule has 3 heterocycles. The highest BCUT2D eigenvalue weighted by molar-refractivity contribution is 7.91. The summed E-state index contributed by atoms with van der Waals surface area (Å²) in [5.74, 6) is 0.592. The van der Waals surface area contributed by atoms with Crippen LogP contribution >= 0.6 is 0 Å². The van der Waals surface area contributed by atoms with E-state index in [-0.39, 0.29) is 11.7 Å². The van der Waals surface area contributed by atoms with E-state index in [1.807, 2.05) is 32.9 Å². The van der Waals surface area contributed by atoms with Crippen LogP contribution in [0.3, 0.4) is 0 Å². The molecule has 0 fully saturated rings. The molecule has 5 rings (SSSR count). The van der Waals surface area contributed by atoms with Gasteiger partial charge in [-0.05, 0) is 60.7 Å². The smallest absolute Gasteiger partial charge is 0.277 e. The molecule has 1 unspecified atom stereocenters. The molecule has 0 bridgehead atoms. The van der Waals surface area contributed by atoms with Crippen LogP contribution in [-0.2, 0) is 16.3 Å². The van der Waals surface area contributed by atoms with Gasteiger partial charge in [-0.1, -0.05) is 44.5 Å². The number of hydrogen-bond donors (Lipinski definition) is 1. The fourth-order valence-electron chi connectivity index (χ4n) is 5.10. The normalized spacial score (nSPS) is 13.4. The lowest BCUT2D eigenvalue weighted by Gasteiger charge is -2.24. The van der Waals surface area contributed by atoms with Crippen molar-refractivity contribution in [3.63, 3.8) is 0 Å². The molecule has 0 radical (unpaired) electrons. The van der Waals surface area contributed by atoms with Gasteiger partial charge >= 0.3 is 0 Å². The molecule has 0 saturated carbocycles. The average molecular weight is 562 g/mol. The van der Waals surface area contributed by atoms with Crippen molar-refractivity contribution in [1.29, 1.82) is 0 Å². The Morgan fingerprint density at radius 2 is 1.85 bits per heavy atom. The van der Waals surface area contributed by atoms with E-state index in [1.54, 1.807) is 36.7 Å². The van der Waals surface area contributed by atoms with Gasteiger partial charge in [-0.3, -0.25) is 14.3 Å². The van der Waals surface area contributed by atoms with Gasteiger partial charge in [0.25, 0.3) is 5.56 Å². The number of nitrogens with zero attached hydrogens (tertiary/aromatic N) is 3. The lowest BCUT2D eigenvalue weighted by molar-refractivity contribution is 0.172. The third-order valence-corrected chi connectivity index (χ3v) is 8.92. The molecule has 1 aliphatic heterocycles. The second kappa shape index (κ2) is 11.1. The maximum absolute atomic E-state index is 14.1. The molecule has 0 aliphatic carbocycles. The largest absolute Gasteiger partial charge is 0.492 e. The van der Waals surface area contributed by atoms with E-state index in [2.05, 4.69) is 9.97 Å². The lowest BCUT2D eigenvalue weighted by atomic mass is 10.0. The summed E-state index contributed by atoms with van der Waals surface area (Å²) < 4.78 is 40.3. The Bertz CT molecular complexity index is 1710. The van der Waals surface area contributed by atoms with E-state index in [4.69, 9.17) is 9.47 Å². The quantitative estimate of drug-likeness (QED) is 0.295. The first kappa shape index (κ1) is 27.4. The van der Waals surface area contributed by atoms with Gasteiger partial charge in [0.15, 0.2) is 16.4 Å². The SMILES string of the molecule is CCCCc1nc(O)c(S(=O)(=O)c2ccc(-c3ccncc3C)cc2)c(=O)n1C(CC)c1cccc2c1OCO2. The minimum absolute atomic E-state index is 0.0584. The molecule has 4 aromatic rings. The Labute approximate surface area is 233 Å². The Morgan fingerprint density at radius 3 is 2.55 bits per heavy atom. The molecule has 0 spiro atoms. The van der Waals surface area contributed by atoms with E-state index in [9.17, 15) is 18.3 Å². The predicted octanol–water partition coefficient (Wildman–Crippen LogP) is 5.22. The molecule has 40 heavy (non-hydrogen) atoms. The number of sulfone groups is 1. The van der Waals surface area contributed by atoms with E-state index < -0.39 is 32.2 Å². The number of benzene rings is 2. The van der Waals surface area contributed by atoms with Crippen LogP contribution in [0.1, 0.15) is 56.1 Å². The Kier molecular flexibility index (Phi) is 7.62. The van der Waals surface area contributed by atoms with Crippen molar-refractivity contribution < 1.29 is 23.0 Å². The predicted molar refractivity (Wildman–Crippen MR) is 150 cm³/mol. The highest BCUT2D eigenvalue weighted by Gasteiger charge is 2.33. The third kappa shape index (κ3) is 4.83. The first-order valence-corrected chi connectivity index (χ1v) is 14.7. The Morgan fingerprint density at radius 1 is 1.07 bits per heavy atom. The minimum atomic E-state index is -4.42. The molecular weight excluding hydrogens is 530 g/mol. The molecule has 0 saturated heterocycles. The molecule has 9 nitrogen and oxygen atoms in total. The lowest BCUT2D eigenvalue weighted by Crippen LogP contribution is -2.33. The second-order valence-corrected chi connectivity index (χ2v) is 11.6. The van der Waals surface area contributed by atoms with Crippen molar-refractivity contribution in [3.05, 3.63) is 88.2 Å². The van der Waals surface area contributed by atoms with E-state index in [0.29, 0.717) is 42.1 Å². The summed E-state index contributed by atoms with van der Waals surface area (Å²) in [6.45, 7) is 5.88. The third-order valence-electron chi connectivity index (χ3n) is 7.13. The van der Waals surface area contributed by atoms with Gasteiger partial charge in [-0.25, -0.2) is 8.42 Å². The monoisotopic (exact) mass is 561 g/mol. The maximum Gasteiger partial charge on any atom is 0.277 e. The molecule has 10 heteroatoms. The zero-order chi connectivity index (χ0) is 28.4. The van der Waals surface area contributed by atoms with Crippen LogP contribution in [-0.4, -0.2) is 34.9 Å². The van der Waals surface area contributed by atoms with Crippen molar-refractivity contribution in [2.75, 3.05) is 6.79 Å². The van der Waals surface area contributed by atoms with Crippen LogP contribution in [0.2, 0.25) is 0 Å². The maximum atomic E-state index is 14.1. The fourth-order valence-corrected chi connectivity index (χ4v) is 6.45. The van der Waals surface area contributed by atoms with Crippen LogP contribution in [0.25, 0.3) is 11.1 Å². The summed E-state index contributed by atoms with van der Waals surface area (Å²) in [5, 5.41) is 10.9. The fraction of sp³-hybridized carbons (Fsp3) is 0.300. The summed E-state index contributed by atoms with van der Waals surface area (Å²) in [6, 6.07) is 12.9. The molecular formula is C30H31N3O6S. The average Bonchev–Trinajstić information content (AvgIpc) is 3.43. The first-order chi connectivity index (χ1) is 19.3. The summed E-state index contributed by atoms with van der Waals surface area (Å²) in [6.07, 6.45) is 5.77. The Hall–Kier alpha value is -4.18. The summed E-state index contributed by atoms with van der Waals surface area (Å²) in [5.41, 5.74) is 2.53. The number of aromatic nitrogens is 3. The number of aromatic hydroxyl groups is 1. The highest BCUT2D eigenvalue weighted by Crippen LogP contribution is 2.41. The van der Waals surface area contributed by atoms with Gasteiger partial charge in [-0.15, -0.1) is 0 Å². The van der Waals surface area contributed by atoms with Crippen molar-refractivity contribution in [2.45, 2.75) is 62.3 Å².